The number of hydrogen-bond acceptors (Lipinski definition) is 8. The van der Waals surface area contributed by atoms with Gasteiger partial charge in [-0.3, -0.25) is 4.90 Å². The molecule has 0 radical (unpaired) electrons. The second kappa shape index (κ2) is 10.9. The topological polar surface area (TPSA) is 83.0 Å². The zero-order valence-electron chi connectivity index (χ0n) is 26.2. The molecule has 1 spiro atoms. The van der Waals surface area contributed by atoms with E-state index >= 15 is 4.39 Å². The van der Waals surface area contributed by atoms with E-state index in [9.17, 15) is 5.11 Å². The Morgan fingerprint density at radius 2 is 1.94 bits per heavy atom. The van der Waals surface area contributed by atoms with E-state index < -0.39 is 5.82 Å². The number of halogens is 2. The van der Waals surface area contributed by atoms with Crippen LogP contribution in [0.4, 0.5) is 10.2 Å². The second-order valence-corrected chi connectivity index (χ2v) is 14.8. The van der Waals surface area contributed by atoms with E-state index in [-0.39, 0.29) is 38.9 Å². The van der Waals surface area contributed by atoms with Gasteiger partial charge >= 0.3 is 6.01 Å². The minimum absolute atomic E-state index is 0.0106. The molecule has 2 aliphatic carbocycles. The lowest BCUT2D eigenvalue weighted by Crippen LogP contribution is -2.51. The molecule has 2 unspecified atom stereocenters. The molecule has 0 amide bonds. The van der Waals surface area contributed by atoms with Crippen molar-refractivity contribution in [1.82, 2.24) is 20.2 Å². The number of rotatable bonds is 7. The summed E-state index contributed by atoms with van der Waals surface area (Å²) in [4.78, 5) is 14.4. The maximum absolute atomic E-state index is 17.1. The number of ether oxygens (including phenoxy) is 2. The van der Waals surface area contributed by atoms with Crippen molar-refractivity contribution < 1.29 is 19.0 Å². The fourth-order valence-corrected chi connectivity index (χ4v) is 8.42. The number of nitrogens with one attached hydrogen (secondary N) is 1. The molecule has 1 aromatic heterocycles. The number of aromatic nitrogens is 2. The molecule has 9 rings (SSSR count). The zero-order chi connectivity index (χ0) is 31.9. The molecule has 3 aromatic carbocycles. The predicted molar refractivity (Wildman–Crippen MR) is 181 cm³/mol. The Kier molecular flexibility index (Phi) is 6.85. The molecule has 2 saturated carbocycles. The van der Waals surface area contributed by atoms with Gasteiger partial charge in [-0.1, -0.05) is 29.7 Å². The Hall–Kier alpha value is -3.68. The normalized spacial score (nSPS) is 24.1. The Balaban J connectivity index is 1.12. The molecule has 3 saturated heterocycles. The van der Waals surface area contributed by atoms with Crippen molar-refractivity contribution >= 4 is 39.1 Å². The van der Waals surface area contributed by atoms with Gasteiger partial charge in [-0.25, -0.2) is 4.39 Å². The molecule has 2 N–H and O–H groups in total. The molecule has 4 aromatic rings. The maximum Gasteiger partial charge on any atom is 0.319 e. The van der Waals surface area contributed by atoms with Crippen molar-refractivity contribution in [1.29, 1.82) is 0 Å². The van der Waals surface area contributed by atoms with Crippen LogP contribution in [0.15, 0.2) is 36.4 Å². The van der Waals surface area contributed by atoms with E-state index in [1.165, 1.54) is 6.07 Å². The van der Waals surface area contributed by atoms with E-state index in [0.29, 0.717) is 51.8 Å². The van der Waals surface area contributed by atoms with Gasteiger partial charge < -0.3 is 24.8 Å². The summed E-state index contributed by atoms with van der Waals surface area (Å²) in [6, 6.07) is 11.2. The Morgan fingerprint density at radius 3 is 2.68 bits per heavy atom. The van der Waals surface area contributed by atoms with Crippen LogP contribution in [0.3, 0.4) is 0 Å². The van der Waals surface area contributed by atoms with Gasteiger partial charge in [0, 0.05) is 72.1 Å². The fraction of sp³-hybridized carbons (Fsp3) is 0.459. The quantitative estimate of drug-likeness (QED) is 0.239. The molecule has 8 nitrogen and oxygen atoms in total. The molecule has 4 heterocycles. The summed E-state index contributed by atoms with van der Waals surface area (Å²) in [7, 11) is 0. The van der Waals surface area contributed by atoms with Crippen molar-refractivity contribution in [3.63, 3.8) is 0 Å². The lowest BCUT2D eigenvalue weighted by atomic mass is 9.93. The minimum Gasteiger partial charge on any atom is -0.508 e. The van der Waals surface area contributed by atoms with Gasteiger partial charge in [0.25, 0.3) is 0 Å². The molecule has 47 heavy (non-hydrogen) atoms. The van der Waals surface area contributed by atoms with Crippen LogP contribution in [0, 0.1) is 23.6 Å². The van der Waals surface area contributed by atoms with Crippen LogP contribution in [0.25, 0.3) is 32.8 Å². The average molecular weight is 654 g/mol. The monoisotopic (exact) mass is 653 g/mol. The summed E-state index contributed by atoms with van der Waals surface area (Å²) < 4.78 is 29.5. The lowest BCUT2D eigenvalue weighted by Gasteiger charge is -2.35. The van der Waals surface area contributed by atoms with Gasteiger partial charge in [0.2, 0.25) is 0 Å². The van der Waals surface area contributed by atoms with Gasteiger partial charge in [-0.2, -0.15) is 9.97 Å². The number of fused-ring (bicyclic) bond motifs is 4. The number of piperazine rings is 1. The van der Waals surface area contributed by atoms with E-state index in [1.807, 2.05) is 12.1 Å². The predicted octanol–water partition coefficient (Wildman–Crippen LogP) is 5.89. The first-order valence-electron chi connectivity index (χ1n) is 16.7. The average Bonchev–Trinajstić information content (AvgIpc) is 3.98. The lowest BCUT2D eigenvalue weighted by molar-refractivity contribution is -0.0532. The van der Waals surface area contributed by atoms with Gasteiger partial charge in [0.1, 0.15) is 17.1 Å². The third-order valence-electron chi connectivity index (χ3n) is 10.9. The van der Waals surface area contributed by atoms with Crippen molar-refractivity contribution in [3.8, 4) is 35.2 Å². The maximum atomic E-state index is 17.1. The SMILES string of the molecule is C#Cc1cccc2cc(O)cc(-c3c(Cl)cc4c(N5CC6CCC(C5)N6)nc(OCC5(CN6CCOC7(CC7)C6)CC5)nc4c3F)c12. The highest BCUT2D eigenvalue weighted by molar-refractivity contribution is 6.35. The van der Waals surface area contributed by atoms with E-state index in [0.717, 1.165) is 77.9 Å². The first-order chi connectivity index (χ1) is 22.8. The third kappa shape index (κ3) is 5.26. The standard InChI is InChI=1S/C37H37ClFN5O3/c1-2-22-4-3-5-23-14-26(45)15-27(30(22)23)31-29(38)16-28-33(32(31)39)41-35(42-34(28)44-17-24-6-7-25(18-44)40-24)46-21-36(8-9-36)19-43-12-13-47-37(20-43)10-11-37/h1,3-5,14-16,24-25,40,45H,6-13,17-21H2. The summed E-state index contributed by atoms with van der Waals surface area (Å²) in [5, 5.41) is 16.4. The van der Waals surface area contributed by atoms with Gasteiger partial charge in [-0.05, 0) is 73.7 Å². The molecular weight excluding hydrogens is 617 g/mol. The summed E-state index contributed by atoms with van der Waals surface area (Å²) in [6.45, 7) is 5.64. The smallest absolute Gasteiger partial charge is 0.319 e. The van der Waals surface area contributed by atoms with Gasteiger partial charge in [-0.15, -0.1) is 6.42 Å². The highest BCUT2D eigenvalue weighted by Gasteiger charge is 2.51. The zero-order valence-corrected chi connectivity index (χ0v) is 27.0. The van der Waals surface area contributed by atoms with Crippen molar-refractivity contribution in [2.45, 2.75) is 56.2 Å². The van der Waals surface area contributed by atoms with Crippen molar-refractivity contribution in [2.75, 3.05) is 50.8 Å². The number of benzene rings is 3. The number of morpholine rings is 1. The molecule has 242 valence electrons. The number of nitrogens with zero attached hydrogens (tertiary/aromatic N) is 4. The summed E-state index contributed by atoms with van der Waals surface area (Å²) >= 11 is 6.95. The third-order valence-corrected chi connectivity index (χ3v) is 11.2. The number of anilines is 1. The number of hydrogen-bond donors (Lipinski definition) is 2. The minimum atomic E-state index is -0.595. The number of terminal acetylenes is 1. The van der Waals surface area contributed by atoms with Gasteiger partial charge in [0.15, 0.2) is 5.82 Å². The first-order valence-corrected chi connectivity index (χ1v) is 17.1. The van der Waals surface area contributed by atoms with E-state index in [4.69, 9.17) is 37.5 Å². The number of phenolic OH excluding ortho intramolecular Hbond substituents is 1. The van der Waals surface area contributed by atoms with Crippen LogP contribution in [0.2, 0.25) is 5.02 Å². The largest absolute Gasteiger partial charge is 0.508 e. The summed E-state index contributed by atoms with van der Waals surface area (Å²) in [5.41, 5.74) is 1.39. The van der Waals surface area contributed by atoms with Crippen LogP contribution >= 0.6 is 11.6 Å². The molecule has 3 aliphatic heterocycles. The molecular formula is C37H37ClFN5O3. The highest BCUT2D eigenvalue weighted by Crippen LogP contribution is 2.49. The van der Waals surface area contributed by atoms with Crippen LogP contribution in [0.1, 0.15) is 44.1 Å². The van der Waals surface area contributed by atoms with Crippen LogP contribution in [-0.4, -0.2) is 83.6 Å². The molecule has 10 heteroatoms. The second-order valence-electron chi connectivity index (χ2n) is 14.4. The van der Waals surface area contributed by atoms with Crippen molar-refractivity contribution in [3.05, 3.63) is 52.8 Å². The Morgan fingerprint density at radius 1 is 1.13 bits per heavy atom. The van der Waals surface area contributed by atoms with E-state index in [1.54, 1.807) is 18.2 Å². The molecule has 2 atom stereocenters. The first kappa shape index (κ1) is 29.5. The highest BCUT2D eigenvalue weighted by atomic mass is 35.5. The fourth-order valence-electron chi connectivity index (χ4n) is 8.13. The van der Waals surface area contributed by atoms with Crippen LogP contribution in [0.5, 0.6) is 11.8 Å². The summed E-state index contributed by atoms with van der Waals surface area (Å²) in [6.07, 6.45) is 12.5. The van der Waals surface area contributed by atoms with Crippen LogP contribution in [-0.2, 0) is 4.74 Å². The summed E-state index contributed by atoms with van der Waals surface area (Å²) in [5.74, 6) is 2.74. The number of phenols is 1. The Labute approximate surface area is 278 Å². The van der Waals surface area contributed by atoms with Crippen LogP contribution < -0.4 is 15.0 Å². The Bertz CT molecular complexity index is 1960. The van der Waals surface area contributed by atoms with Gasteiger partial charge in [0.05, 0.1) is 23.8 Å². The molecule has 5 aliphatic rings. The number of aromatic hydroxyl groups is 1. The molecule has 5 fully saturated rings. The molecule has 2 bridgehead atoms. The van der Waals surface area contributed by atoms with Crippen molar-refractivity contribution in [2.24, 2.45) is 5.41 Å². The van der Waals surface area contributed by atoms with E-state index in [2.05, 4.69) is 21.0 Å².